The highest BCUT2D eigenvalue weighted by Gasteiger charge is 2.14. The summed E-state index contributed by atoms with van der Waals surface area (Å²) >= 11 is 3.00. The number of hydrogen-bond donors (Lipinski definition) is 1. The zero-order chi connectivity index (χ0) is 12.8. The van der Waals surface area contributed by atoms with E-state index in [1.165, 1.54) is 11.8 Å². The van der Waals surface area contributed by atoms with Gasteiger partial charge < -0.3 is 9.67 Å². The summed E-state index contributed by atoms with van der Waals surface area (Å²) in [6.07, 6.45) is 2.87. The molecule has 1 heterocycles. The van der Waals surface area contributed by atoms with Crippen LogP contribution in [0.15, 0.2) is 5.16 Å². The molecular weight excluding hydrogens is 258 g/mol. The fourth-order valence-corrected chi connectivity index (χ4v) is 2.31. The zero-order valence-electron chi connectivity index (χ0n) is 10.2. The summed E-state index contributed by atoms with van der Waals surface area (Å²) in [6, 6.07) is 0. The third kappa shape index (κ3) is 4.23. The molecule has 0 saturated heterocycles. The number of aliphatic carboxylic acids is 1. The van der Waals surface area contributed by atoms with E-state index in [0.29, 0.717) is 10.4 Å². The van der Waals surface area contributed by atoms with Gasteiger partial charge in [-0.3, -0.25) is 4.79 Å². The van der Waals surface area contributed by atoms with E-state index < -0.39 is 5.97 Å². The van der Waals surface area contributed by atoms with Gasteiger partial charge >= 0.3 is 5.97 Å². The van der Waals surface area contributed by atoms with Gasteiger partial charge in [-0.1, -0.05) is 25.6 Å². The van der Waals surface area contributed by atoms with Crippen molar-refractivity contribution in [2.24, 2.45) is 0 Å². The largest absolute Gasteiger partial charge is 0.481 e. The molecule has 0 radical (unpaired) electrons. The minimum absolute atomic E-state index is 0.0233. The molecule has 1 aromatic heterocycles. The average Bonchev–Trinajstić information content (AvgIpc) is 2.68. The standard InChI is InChI=1S/C10H17N3O2S2/c1-4-8-11-12-10(17-6-9(14)15)13(8)5-7(2)16-3/h7H,4-6H2,1-3H3,(H,14,15). The van der Waals surface area contributed by atoms with Crippen molar-refractivity contribution in [1.82, 2.24) is 14.8 Å². The maximum atomic E-state index is 10.6. The van der Waals surface area contributed by atoms with E-state index in [9.17, 15) is 4.79 Å². The molecule has 0 aromatic carbocycles. The summed E-state index contributed by atoms with van der Waals surface area (Å²) in [5, 5.41) is 18.0. The lowest BCUT2D eigenvalue weighted by Crippen LogP contribution is -2.13. The predicted octanol–water partition coefficient (Wildman–Crippen LogP) is 1.77. The van der Waals surface area contributed by atoms with Crippen LogP contribution in [0.25, 0.3) is 0 Å². The van der Waals surface area contributed by atoms with Crippen molar-refractivity contribution in [2.75, 3.05) is 12.0 Å². The SMILES string of the molecule is CCc1nnc(SCC(=O)O)n1CC(C)SC. The first kappa shape index (κ1) is 14.4. The van der Waals surface area contributed by atoms with Gasteiger partial charge in [0.15, 0.2) is 5.16 Å². The van der Waals surface area contributed by atoms with Crippen LogP contribution in [0.2, 0.25) is 0 Å². The third-order valence-corrected chi connectivity index (χ3v) is 4.18. The highest BCUT2D eigenvalue weighted by Crippen LogP contribution is 2.19. The molecule has 7 heteroatoms. The summed E-state index contributed by atoms with van der Waals surface area (Å²) in [7, 11) is 0. The Morgan fingerprint density at radius 2 is 2.24 bits per heavy atom. The Hall–Kier alpha value is -0.690. The van der Waals surface area contributed by atoms with Crippen molar-refractivity contribution in [1.29, 1.82) is 0 Å². The molecule has 96 valence electrons. The molecule has 0 aliphatic heterocycles. The summed E-state index contributed by atoms with van der Waals surface area (Å²) < 4.78 is 2.02. The van der Waals surface area contributed by atoms with Gasteiger partial charge in [-0.25, -0.2) is 0 Å². The fraction of sp³-hybridized carbons (Fsp3) is 0.700. The van der Waals surface area contributed by atoms with Gasteiger partial charge in [0, 0.05) is 18.2 Å². The number of aromatic nitrogens is 3. The second kappa shape index (κ2) is 6.90. The minimum Gasteiger partial charge on any atom is -0.481 e. The number of carbonyl (C=O) groups is 1. The van der Waals surface area contributed by atoms with E-state index in [-0.39, 0.29) is 5.75 Å². The van der Waals surface area contributed by atoms with Crippen LogP contribution >= 0.6 is 23.5 Å². The van der Waals surface area contributed by atoms with E-state index in [1.54, 1.807) is 11.8 Å². The van der Waals surface area contributed by atoms with E-state index in [2.05, 4.69) is 23.4 Å². The highest BCUT2D eigenvalue weighted by molar-refractivity contribution is 7.99. The normalized spacial score (nSPS) is 12.6. The van der Waals surface area contributed by atoms with Crippen molar-refractivity contribution in [2.45, 2.75) is 37.2 Å². The number of hydrogen-bond acceptors (Lipinski definition) is 5. The molecule has 0 aliphatic rings. The van der Waals surface area contributed by atoms with Crippen LogP contribution in [0.4, 0.5) is 0 Å². The number of aryl methyl sites for hydroxylation is 1. The second-order valence-electron chi connectivity index (χ2n) is 3.59. The van der Waals surface area contributed by atoms with Gasteiger partial charge in [0.1, 0.15) is 5.82 Å². The summed E-state index contributed by atoms with van der Waals surface area (Å²) in [6.45, 7) is 4.98. The van der Waals surface area contributed by atoms with Crippen molar-refractivity contribution in [3.8, 4) is 0 Å². The molecule has 0 bridgehead atoms. The highest BCUT2D eigenvalue weighted by atomic mass is 32.2. The van der Waals surface area contributed by atoms with Crippen LogP contribution in [-0.4, -0.2) is 43.1 Å². The molecule has 0 fully saturated rings. The molecule has 0 spiro atoms. The molecule has 5 nitrogen and oxygen atoms in total. The monoisotopic (exact) mass is 275 g/mol. The molecule has 1 aromatic rings. The van der Waals surface area contributed by atoms with Gasteiger partial charge in [-0.2, -0.15) is 11.8 Å². The lowest BCUT2D eigenvalue weighted by Gasteiger charge is -2.12. The first-order valence-electron chi connectivity index (χ1n) is 5.37. The van der Waals surface area contributed by atoms with Crippen molar-refractivity contribution in [3.63, 3.8) is 0 Å². The average molecular weight is 275 g/mol. The Balaban J connectivity index is 2.81. The summed E-state index contributed by atoms with van der Waals surface area (Å²) in [4.78, 5) is 10.6. The fourth-order valence-electron chi connectivity index (χ4n) is 1.33. The van der Waals surface area contributed by atoms with Crippen LogP contribution in [0.5, 0.6) is 0 Å². The second-order valence-corrected chi connectivity index (χ2v) is 5.81. The third-order valence-electron chi connectivity index (χ3n) is 2.28. The number of rotatable bonds is 7. The quantitative estimate of drug-likeness (QED) is 0.765. The van der Waals surface area contributed by atoms with Gasteiger partial charge in [-0.05, 0) is 6.26 Å². The van der Waals surface area contributed by atoms with E-state index in [1.807, 2.05) is 11.5 Å². The lowest BCUT2D eigenvalue weighted by atomic mass is 10.4. The Labute approximate surface area is 109 Å². The van der Waals surface area contributed by atoms with Crippen molar-refractivity contribution >= 4 is 29.5 Å². The number of nitrogens with zero attached hydrogens (tertiary/aromatic N) is 3. The lowest BCUT2D eigenvalue weighted by molar-refractivity contribution is -0.133. The van der Waals surface area contributed by atoms with Crippen LogP contribution in [0.3, 0.4) is 0 Å². The predicted molar refractivity (Wildman–Crippen MR) is 70.7 cm³/mol. The van der Waals surface area contributed by atoms with Gasteiger partial charge in [-0.15, -0.1) is 10.2 Å². The number of carboxylic acids is 1. The molecule has 1 N–H and O–H groups in total. The molecule has 0 saturated carbocycles. The van der Waals surface area contributed by atoms with E-state index in [0.717, 1.165) is 18.8 Å². The molecule has 0 aliphatic carbocycles. The summed E-state index contributed by atoms with van der Waals surface area (Å²) in [5.74, 6) is 0.106. The number of carboxylic acid groups (broad SMARTS) is 1. The first-order chi connectivity index (χ1) is 8.08. The zero-order valence-corrected chi connectivity index (χ0v) is 11.8. The maximum absolute atomic E-state index is 10.6. The maximum Gasteiger partial charge on any atom is 0.313 e. The van der Waals surface area contributed by atoms with Crippen molar-refractivity contribution in [3.05, 3.63) is 5.82 Å². The molecule has 17 heavy (non-hydrogen) atoms. The van der Waals surface area contributed by atoms with Crippen LogP contribution < -0.4 is 0 Å². The Kier molecular flexibility index (Phi) is 5.84. The minimum atomic E-state index is -0.833. The van der Waals surface area contributed by atoms with Crippen LogP contribution in [-0.2, 0) is 17.8 Å². The molecule has 1 unspecified atom stereocenters. The van der Waals surface area contributed by atoms with Gasteiger partial charge in [0.2, 0.25) is 0 Å². The first-order valence-corrected chi connectivity index (χ1v) is 7.65. The molecular formula is C10H17N3O2S2. The summed E-state index contributed by atoms with van der Waals surface area (Å²) in [5.41, 5.74) is 0. The Morgan fingerprint density at radius 1 is 1.53 bits per heavy atom. The van der Waals surface area contributed by atoms with E-state index >= 15 is 0 Å². The van der Waals surface area contributed by atoms with E-state index in [4.69, 9.17) is 5.11 Å². The topological polar surface area (TPSA) is 68.0 Å². The van der Waals surface area contributed by atoms with Crippen LogP contribution in [0.1, 0.15) is 19.7 Å². The molecule has 1 atom stereocenters. The van der Waals surface area contributed by atoms with Gasteiger partial charge in [0.25, 0.3) is 0 Å². The Bertz CT molecular complexity index is 382. The van der Waals surface area contributed by atoms with Crippen LogP contribution in [0, 0.1) is 0 Å². The molecule has 1 rings (SSSR count). The van der Waals surface area contributed by atoms with Crippen molar-refractivity contribution < 1.29 is 9.90 Å². The Morgan fingerprint density at radius 3 is 2.76 bits per heavy atom. The molecule has 0 amide bonds. The number of thioether (sulfide) groups is 2. The smallest absolute Gasteiger partial charge is 0.313 e. The van der Waals surface area contributed by atoms with Gasteiger partial charge in [0.05, 0.1) is 5.75 Å².